The Morgan fingerprint density at radius 1 is 0.833 bits per heavy atom. The van der Waals surface area contributed by atoms with Gasteiger partial charge in [-0.25, -0.2) is 0 Å². The van der Waals surface area contributed by atoms with E-state index in [9.17, 15) is 9.59 Å². The Bertz CT molecular complexity index is 669. The summed E-state index contributed by atoms with van der Waals surface area (Å²) in [6, 6.07) is 7.48. The van der Waals surface area contributed by atoms with Crippen molar-refractivity contribution in [3.63, 3.8) is 0 Å². The van der Waals surface area contributed by atoms with Gasteiger partial charge >= 0.3 is 11.9 Å². The Morgan fingerprint density at radius 2 is 1.53 bits per heavy atom. The number of hydrogen-bond donors (Lipinski definition) is 0. The maximum atomic E-state index is 11.9. The van der Waals surface area contributed by atoms with Crippen LogP contribution in [0.3, 0.4) is 0 Å². The summed E-state index contributed by atoms with van der Waals surface area (Å²) >= 11 is 0. The number of carbonyl (C=O) groups is 2. The molecule has 4 nitrogen and oxygen atoms in total. The van der Waals surface area contributed by atoms with Crippen LogP contribution >= 0.6 is 0 Å². The Labute approximate surface area is 182 Å². The summed E-state index contributed by atoms with van der Waals surface area (Å²) in [5.41, 5.74) is 1.12. The third-order valence-corrected chi connectivity index (χ3v) is 4.89. The molecule has 0 amide bonds. The molecular formula is C26H38O4. The van der Waals surface area contributed by atoms with Crippen molar-refractivity contribution >= 4 is 11.9 Å². The van der Waals surface area contributed by atoms with Gasteiger partial charge in [0.15, 0.2) is 6.61 Å². The summed E-state index contributed by atoms with van der Waals surface area (Å²) < 4.78 is 10.4. The Hall–Kier alpha value is -2.28. The van der Waals surface area contributed by atoms with Gasteiger partial charge in [-0.2, -0.15) is 0 Å². The molecule has 0 radical (unpaired) electrons. The van der Waals surface area contributed by atoms with Crippen molar-refractivity contribution in [3.8, 4) is 17.6 Å². The first-order valence-corrected chi connectivity index (χ1v) is 11.6. The highest BCUT2D eigenvalue weighted by Gasteiger charge is 2.08. The maximum absolute atomic E-state index is 11.9. The average molecular weight is 415 g/mol. The van der Waals surface area contributed by atoms with E-state index in [1.54, 1.807) is 6.07 Å². The molecule has 0 aliphatic rings. The van der Waals surface area contributed by atoms with E-state index >= 15 is 0 Å². The molecule has 0 N–H and O–H groups in total. The number of unbranched alkanes of at least 4 members (excludes halogenated alkanes) is 8. The zero-order valence-electron chi connectivity index (χ0n) is 18.8. The van der Waals surface area contributed by atoms with E-state index in [2.05, 4.69) is 18.8 Å². The number of carbonyl (C=O) groups excluding carboxylic acids is 2. The molecule has 4 heteroatoms. The number of rotatable bonds is 15. The van der Waals surface area contributed by atoms with Crippen LogP contribution in [0.25, 0.3) is 0 Å². The van der Waals surface area contributed by atoms with Crippen LogP contribution in [-0.2, 0) is 20.7 Å². The van der Waals surface area contributed by atoms with Gasteiger partial charge in [0, 0.05) is 19.3 Å². The topological polar surface area (TPSA) is 52.6 Å². The van der Waals surface area contributed by atoms with Crippen molar-refractivity contribution in [2.45, 2.75) is 97.3 Å². The summed E-state index contributed by atoms with van der Waals surface area (Å²) in [5, 5.41) is 0. The molecule has 0 saturated carbocycles. The van der Waals surface area contributed by atoms with Crippen LogP contribution in [-0.4, -0.2) is 18.5 Å². The molecular weight excluding hydrogens is 376 g/mol. The molecule has 0 aliphatic heterocycles. The molecule has 1 aromatic rings. The predicted octanol–water partition coefficient (Wildman–Crippen LogP) is 6.40. The van der Waals surface area contributed by atoms with Gasteiger partial charge in [0.1, 0.15) is 5.75 Å². The second-order valence-corrected chi connectivity index (χ2v) is 7.57. The zero-order chi connectivity index (χ0) is 21.9. The minimum atomic E-state index is -0.332. The second-order valence-electron chi connectivity index (χ2n) is 7.57. The SMILES string of the molecule is CCCCCCCCCCC#CCOC(=O)CCCC(=O)Oc1cccc(CC)c1. The summed E-state index contributed by atoms with van der Waals surface area (Å²) in [6.45, 7) is 4.41. The van der Waals surface area contributed by atoms with Crippen LogP contribution in [0.15, 0.2) is 24.3 Å². The summed E-state index contributed by atoms with van der Waals surface area (Å²) in [6.07, 6.45) is 12.8. The third kappa shape index (κ3) is 13.8. The standard InChI is InChI=1S/C26H38O4/c1-3-5-6-7-8-9-10-11-12-13-14-21-29-25(27)19-16-20-26(28)30-24-18-15-17-23(4-2)22-24/h15,17-18,22H,3-12,16,19-21H2,1-2H3. The van der Waals surface area contributed by atoms with Crippen LogP contribution in [0.2, 0.25) is 0 Å². The first kappa shape index (κ1) is 25.8. The Morgan fingerprint density at radius 3 is 2.27 bits per heavy atom. The number of benzene rings is 1. The fourth-order valence-corrected chi connectivity index (χ4v) is 3.06. The monoisotopic (exact) mass is 414 g/mol. The molecule has 1 rings (SSSR count). The van der Waals surface area contributed by atoms with Gasteiger partial charge in [-0.05, 0) is 37.0 Å². The molecule has 0 saturated heterocycles. The van der Waals surface area contributed by atoms with Gasteiger partial charge in [-0.1, -0.05) is 82.8 Å². The average Bonchev–Trinajstić information content (AvgIpc) is 2.74. The van der Waals surface area contributed by atoms with E-state index in [1.165, 1.54) is 44.9 Å². The van der Waals surface area contributed by atoms with Crippen LogP contribution < -0.4 is 4.74 Å². The third-order valence-electron chi connectivity index (χ3n) is 4.89. The maximum Gasteiger partial charge on any atom is 0.311 e. The van der Waals surface area contributed by atoms with Gasteiger partial charge < -0.3 is 9.47 Å². The van der Waals surface area contributed by atoms with E-state index in [0.29, 0.717) is 12.2 Å². The number of hydrogen-bond acceptors (Lipinski definition) is 4. The van der Waals surface area contributed by atoms with Crippen molar-refractivity contribution in [3.05, 3.63) is 29.8 Å². The number of esters is 2. The largest absolute Gasteiger partial charge is 0.452 e. The quantitative estimate of drug-likeness (QED) is 0.144. The summed E-state index contributed by atoms with van der Waals surface area (Å²) in [4.78, 5) is 23.6. The van der Waals surface area contributed by atoms with Crippen LogP contribution in [0, 0.1) is 11.8 Å². The lowest BCUT2D eigenvalue weighted by Crippen LogP contribution is -2.10. The van der Waals surface area contributed by atoms with Crippen LogP contribution in [0.1, 0.15) is 96.5 Å². The van der Waals surface area contributed by atoms with Gasteiger partial charge in [-0.3, -0.25) is 9.59 Å². The Balaban J connectivity index is 2.00. The zero-order valence-corrected chi connectivity index (χ0v) is 18.8. The van der Waals surface area contributed by atoms with E-state index in [-0.39, 0.29) is 31.4 Å². The van der Waals surface area contributed by atoms with E-state index < -0.39 is 0 Å². The number of aryl methyl sites for hydroxylation is 1. The van der Waals surface area contributed by atoms with Gasteiger partial charge in [0.05, 0.1) is 0 Å². The second kappa shape index (κ2) is 17.6. The molecule has 0 unspecified atom stereocenters. The summed E-state index contributed by atoms with van der Waals surface area (Å²) in [7, 11) is 0. The minimum absolute atomic E-state index is 0.129. The fraction of sp³-hybridized carbons (Fsp3) is 0.615. The molecule has 166 valence electrons. The van der Waals surface area contributed by atoms with E-state index in [0.717, 1.165) is 24.8 Å². The van der Waals surface area contributed by atoms with Crippen molar-refractivity contribution in [1.29, 1.82) is 0 Å². The van der Waals surface area contributed by atoms with Crippen molar-refractivity contribution in [1.82, 2.24) is 0 Å². The molecule has 1 aromatic carbocycles. The lowest BCUT2D eigenvalue weighted by molar-refractivity contribution is -0.142. The fourth-order valence-electron chi connectivity index (χ4n) is 3.06. The summed E-state index contributed by atoms with van der Waals surface area (Å²) in [5.74, 6) is 5.85. The molecule has 30 heavy (non-hydrogen) atoms. The highest BCUT2D eigenvalue weighted by atomic mass is 16.5. The molecule has 0 fully saturated rings. The molecule has 0 bridgehead atoms. The minimum Gasteiger partial charge on any atom is -0.452 e. The first-order chi connectivity index (χ1) is 14.7. The van der Waals surface area contributed by atoms with Crippen LogP contribution in [0.4, 0.5) is 0 Å². The molecule has 0 aromatic heterocycles. The van der Waals surface area contributed by atoms with Crippen LogP contribution in [0.5, 0.6) is 5.75 Å². The molecule has 0 atom stereocenters. The van der Waals surface area contributed by atoms with Gasteiger partial charge in [-0.15, -0.1) is 0 Å². The molecule has 0 spiro atoms. The molecule has 0 aliphatic carbocycles. The highest BCUT2D eigenvalue weighted by molar-refractivity contribution is 5.74. The Kier molecular flexibility index (Phi) is 15.1. The van der Waals surface area contributed by atoms with Gasteiger partial charge in [0.2, 0.25) is 0 Å². The van der Waals surface area contributed by atoms with Crippen molar-refractivity contribution < 1.29 is 19.1 Å². The van der Waals surface area contributed by atoms with E-state index in [4.69, 9.17) is 9.47 Å². The predicted molar refractivity (Wildman–Crippen MR) is 121 cm³/mol. The van der Waals surface area contributed by atoms with Crippen molar-refractivity contribution in [2.75, 3.05) is 6.61 Å². The smallest absolute Gasteiger partial charge is 0.311 e. The van der Waals surface area contributed by atoms with E-state index in [1.807, 2.05) is 25.1 Å². The number of ether oxygens (including phenoxy) is 2. The molecule has 0 heterocycles. The lowest BCUT2D eigenvalue weighted by atomic mass is 10.1. The first-order valence-electron chi connectivity index (χ1n) is 11.6. The lowest BCUT2D eigenvalue weighted by Gasteiger charge is -2.05. The normalized spacial score (nSPS) is 10.2. The van der Waals surface area contributed by atoms with Gasteiger partial charge in [0.25, 0.3) is 0 Å². The van der Waals surface area contributed by atoms with Crippen molar-refractivity contribution in [2.24, 2.45) is 0 Å². The highest BCUT2D eigenvalue weighted by Crippen LogP contribution is 2.15.